The summed E-state index contributed by atoms with van der Waals surface area (Å²) in [6, 6.07) is 7.26. The minimum absolute atomic E-state index is 0.0291. The molecule has 0 atom stereocenters. The molecule has 0 spiro atoms. The van der Waals surface area contributed by atoms with Crippen LogP contribution in [0.1, 0.15) is 13.3 Å². The van der Waals surface area contributed by atoms with E-state index in [1.807, 2.05) is 24.3 Å². The molecule has 4 nitrogen and oxygen atoms in total. The monoisotopic (exact) mass is 222 g/mol. The minimum atomic E-state index is -0.0291. The molecule has 0 aliphatic rings. The van der Waals surface area contributed by atoms with Crippen molar-refractivity contribution in [2.75, 3.05) is 25.5 Å². The molecule has 0 aliphatic heterocycles. The second kappa shape index (κ2) is 6.85. The fourth-order valence-electron chi connectivity index (χ4n) is 1.26. The van der Waals surface area contributed by atoms with Gasteiger partial charge in [0, 0.05) is 5.69 Å². The predicted molar refractivity (Wildman–Crippen MR) is 64.8 cm³/mol. The highest BCUT2D eigenvalue weighted by atomic mass is 16.5. The topological polar surface area (TPSA) is 50.4 Å². The summed E-state index contributed by atoms with van der Waals surface area (Å²) < 4.78 is 5.03. The molecule has 0 unspecified atom stereocenters. The van der Waals surface area contributed by atoms with Crippen LogP contribution in [0.3, 0.4) is 0 Å². The van der Waals surface area contributed by atoms with Gasteiger partial charge in [-0.3, -0.25) is 4.79 Å². The number of hydrogen-bond acceptors (Lipinski definition) is 3. The summed E-state index contributed by atoms with van der Waals surface area (Å²) in [5, 5.41) is 5.84. The van der Waals surface area contributed by atoms with Crippen molar-refractivity contribution in [2.45, 2.75) is 13.3 Å². The molecular formula is C12H18N2O2. The number of amides is 1. The number of carbonyl (C=O) groups is 1. The van der Waals surface area contributed by atoms with Gasteiger partial charge in [-0.15, -0.1) is 0 Å². The summed E-state index contributed by atoms with van der Waals surface area (Å²) >= 11 is 0. The number of rotatable bonds is 6. The third kappa shape index (κ3) is 4.31. The number of methoxy groups -OCH3 is 1. The summed E-state index contributed by atoms with van der Waals surface area (Å²) in [4.78, 5) is 11.4. The fraction of sp³-hybridized carbons (Fsp3) is 0.417. The van der Waals surface area contributed by atoms with Crippen molar-refractivity contribution in [1.82, 2.24) is 5.32 Å². The first-order valence-electron chi connectivity index (χ1n) is 5.41. The quantitative estimate of drug-likeness (QED) is 0.719. The van der Waals surface area contributed by atoms with Crippen LogP contribution in [0.5, 0.6) is 5.75 Å². The average molecular weight is 222 g/mol. The molecule has 1 aromatic carbocycles. The summed E-state index contributed by atoms with van der Waals surface area (Å²) in [6.07, 6.45) is 1.02. The molecule has 0 aromatic heterocycles. The van der Waals surface area contributed by atoms with Crippen LogP contribution in [0.4, 0.5) is 5.69 Å². The molecule has 1 aromatic rings. The number of ether oxygens (including phenoxy) is 1. The molecule has 0 radical (unpaired) electrons. The van der Waals surface area contributed by atoms with Crippen molar-refractivity contribution in [2.24, 2.45) is 0 Å². The molecular weight excluding hydrogens is 204 g/mol. The van der Waals surface area contributed by atoms with E-state index in [0.29, 0.717) is 6.54 Å². The van der Waals surface area contributed by atoms with Crippen molar-refractivity contribution in [3.8, 4) is 5.75 Å². The predicted octanol–water partition coefficient (Wildman–Crippen LogP) is 1.63. The lowest BCUT2D eigenvalue weighted by Gasteiger charge is -2.06. The summed E-state index contributed by atoms with van der Waals surface area (Å²) in [5.74, 6) is 0.751. The van der Waals surface area contributed by atoms with Gasteiger partial charge in [-0.1, -0.05) is 6.92 Å². The van der Waals surface area contributed by atoms with E-state index in [-0.39, 0.29) is 5.91 Å². The highest BCUT2D eigenvalue weighted by Gasteiger charge is 2.01. The van der Waals surface area contributed by atoms with Crippen molar-refractivity contribution in [1.29, 1.82) is 0 Å². The van der Waals surface area contributed by atoms with Gasteiger partial charge in [-0.05, 0) is 37.2 Å². The van der Waals surface area contributed by atoms with Crippen LogP contribution >= 0.6 is 0 Å². The second-order valence-corrected chi connectivity index (χ2v) is 3.45. The number of anilines is 1. The molecule has 4 heteroatoms. The maximum atomic E-state index is 11.4. The molecule has 2 N–H and O–H groups in total. The maximum absolute atomic E-state index is 11.4. The Morgan fingerprint density at radius 1 is 1.31 bits per heavy atom. The van der Waals surface area contributed by atoms with E-state index in [2.05, 4.69) is 17.6 Å². The highest BCUT2D eigenvalue weighted by molar-refractivity contribution is 5.92. The maximum Gasteiger partial charge on any atom is 0.238 e. The van der Waals surface area contributed by atoms with Crippen molar-refractivity contribution < 1.29 is 9.53 Å². The molecule has 16 heavy (non-hydrogen) atoms. The van der Waals surface area contributed by atoms with Gasteiger partial charge in [0.05, 0.1) is 13.7 Å². The first-order chi connectivity index (χ1) is 7.76. The first kappa shape index (κ1) is 12.5. The van der Waals surface area contributed by atoms with E-state index in [1.165, 1.54) is 0 Å². The first-order valence-corrected chi connectivity index (χ1v) is 5.41. The van der Waals surface area contributed by atoms with E-state index in [0.717, 1.165) is 24.4 Å². The van der Waals surface area contributed by atoms with Gasteiger partial charge in [0.15, 0.2) is 0 Å². The van der Waals surface area contributed by atoms with Crippen LogP contribution in [-0.2, 0) is 4.79 Å². The third-order valence-electron chi connectivity index (χ3n) is 2.09. The van der Waals surface area contributed by atoms with Crippen molar-refractivity contribution in [3.05, 3.63) is 24.3 Å². The molecule has 88 valence electrons. The number of hydrogen-bond donors (Lipinski definition) is 2. The van der Waals surface area contributed by atoms with Crippen LogP contribution in [0.25, 0.3) is 0 Å². The Morgan fingerprint density at radius 2 is 2.00 bits per heavy atom. The Balaban J connectivity index is 2.37. The Kier molecular flexibility index (Phi) is 5.36. The van der Waals surface area contributed by atoms with Gasteiger partial charge in [0.2, 0.25) is 5.91 Å². The Morgan fingerprint density at radius 3 is 2.56 bits per heavy atom. The average Bonchev–Trinajstić information content (AvgIpc) is 2.30. The van der Waals surface area contributed by atoms with E-state index < -0.39 is 0 Å². The lowest BCUT2D eigenvalue weighted by atomic mass is 10.3. The van der Waals surface area contributed by atoms with Gasteiger partial charge in [-0.2, -0.15) is 0 Å². The zero-order valence-corrected chi connectivity index (χ0v) is 9.75. The van der Waals surface area contributed by atoms with E-state index >= 15 is 0 Å². The molecule has 0 saturated heterocycles. The lowest BCUT2D eigenvalue weighted by molar-refractivity contribution is -0.115. The Hall–Kier alpha value is -1.55. The smallest absolute Gasteiger partial charge is 0.238 e. The lowest BCUT2D eigenvalue weighted by Crippen LogP contribution is -2.28. The number of nitrogens with one attached hydrogen (secondary N) is 2. The zero-order valence-electron chi connectivity index (χ0n) is 9.75. The highest BCUT2D eigenvalue weighted by Crippen LogP contribution is 2.14. The van der Waals surface area contributed by atoms with Gasteiger partial charge in [0.25, 0.3) is 0 Å². The number of carbonyl (C=O) groups excluding carboxylic acids is 1. The molecule has 0 aliphatic carbocycles. The van der Waals surface area contributed by atoms with Gasteiger partial charge < -0.3 is 15.4 Å². The third-order valence-corrected chi connectivity index (χ3v) is 2.09. The second-order valence-electron chi connectivity index (χ2n) is 3.45. The number of benzene rings is 1. The van der Waals surface area contributed by atoms with Crippen LogP contribution in [0.2, 0.25) is 0 Å². The molecule has 1 amide bonds. The van der Waals surface area contributed by atoms with Crippen LogP contribution in [0, 0.1) is 0 Å². The van der Waals surface area contributed by atoms with E-state index in [9.17, 15) is 4.79 Å². The standard InChI is InChI=1S/C12H18N2O2/c1-3-8-13-9-12(15)14-10-4-6-11(16-2)7-5-10/h4-7,13H,3,8-9H2,1-2H3,(H,14,15). The Bertz CT molecular complexity index is 322. The summed E-state index contributed by atoms with van der Waals surface area (Å²) in [7, 11) is 1.61. The molecule has 0 saturated carbocycles. The van der Waals surface area contributed by atoms with Gasteiger partial charge in [0.1, 0.15) is 5.75 Å². The zero-order chi connectivity index (χ0) is 11.8. The molecule has 0 bridgehead atoms. The minimum Gasteiger partial charge on any atom is -0.497 e. The summed E-state index contributed by atoms with van der Waals surface area (Å²) in [5.41, 5.74) is 0.782. The van der Waals surface area contributed by atoms with Crippen molar-refractivity contribution >= 4 is 11.6 Å². The summed E-state index contributed by atoms with van der Waals surface area (Å²) in [6.45, 7) is 3.27. The molecule has 1 rings (SSSR count). The molecule has 0 fully saturated rings. The SMILES string of the molecule is CCCNCC(=O)Nc1ccc(OC)cc1. The largest absolute Gasteiger partial charge is 0.497 e. The van der Waals surface area contributed by atoms with Crippen LogP contribution in [-0.4, -0.2) is 26.1 Å². The van der Waals surface area contributed by atoms with Crippen molar-refractivity contribution in [3.63, 3.8) is 0 Å². The van der Waals surface area contributed by atoms with Crippen LogP contribution < -0.4 is 15.4 Å². The van der Waals surface area contributed by atoms with E-state index in [4.69, 9.17) is 4.74 Å². The normalized spacial score (nSPS) is 9.88. The fourth-order valence-corrected chi connectivity index (χ4v) is 1.26. The molecule has 0 heterocycles. The van der Waals surface area contributed by atoms with Gasteiger partial charge >= 0.3 is 0 Å². The van der Waals surface area contributed by atoms with E-state index in [1.54, 1.807) is 7.11 Å². The van der Waals surface area contributed by atoms with Gasteiger partial charge in [-0.25, -0.2) is 0 Å². The Labute approximate surface area is 96.0 Å². The van der Waals surface area contributed by atoms with Crippen LogP contribution in [0.15, 0.2) is 24.3 Å².